The van der Waals surface area contributed by atoms with E-state index in [1.54, 1.807) is 38.1 Å². The molecule has 126 valence electrons. The molecule has 0 aliphatic carbocycles. The van der Waals surface area contributed by atoms with Crippen molar-refractivity contribution in [2.75, 3.05) is 0 Å². The van der Waals surface area contributed by atoms with Crippen LogP contribution in [0.2, 0.25) is 0 Å². The van der Waals surface area contributed by atoms with Crippen molar-refractivity contribution in [3.8, 4) is 0 Å². The van der Waals surface area contributed by atoms with Crippen LogP contribution < -0.4 is 5.32 Å². The molecule has 2 N–H and O–H groups in total. The molecule has 1 unspecified atom stereocenters. The van der Waals surface area contributed by atoms with Crippen LogP contribution in [0.1, 0.15) is 31.1 Å². The fraction of sp³-hybridized carbons (Fsp3) is 0.278. The second-order valence-corrected chi connectivity index (χ2v) is 6.18. The number of rotatable bonds is 6. The normalized spacial score (nSPS) is 12.5. The third-order valence-corrected chi connectivity index (χ3v) is 3.77. The average molecular weight is 328 g/mol. The van der Waals surface area contributed by atoms with Gasteiger partial charge in [-0.2, -0.15) is 0 Å². The van der Waals surface area contributed by atoms with Gasteiger partial charge in [-0.1, -0.05) is 42.5 Å². The molecule has 0 fully saturated rings. The van der Waals surface area contributed by atoms with Crippen LogP contribution >= 0.6 is 0 Å². The Bertz CT molecular complexity index is 712. The van der Waals surface area contributed by atoms with Crippen LogP contribution in [0.15, 0.2) is 54.6 Å². The number of carbonyl (C=O) groups excluding carboxylic acids is 1. The molecule has 2 rings (SSSR count). The number of carbonyl (C=O) groups is 1. The van der Waals surface area contributed by atoms with E-state index in [1.807, 2.05) is 18.2 Å². The molecular weight excluding hydrogens is 308 g/mol. The Morgan fingerprint density at radius 2 is 1.75 bits per heavy atom. The molecule has 6 nitrogen and oxygen atoms in total. The topological polar surface area (TPSA) is 92.5 Å². The van der Waals surface area contributed by atoms with Gasteiger partial charge in [0.2, 0.25) is 5.91 Å². The summed E-state index contributed by atoms with van der Waals surface area (Å²) in [6.07, 6.45) is -0.761. The Kier molecular flexibility index (Phi) is 5.31. The fourth-order valence-electron chi connectivity index (χ4n) is 2.44. The highest BCUT2D eigenvalue weighted by atomic mass is 16.6. The molecular formula is C18H20N2O4. The number of nitro benzene ring substituents is 1. The molecule has 6 heteroatoms. The number of nitro groups is 1. The lowest BCUT2D eigenvalue weighted by atomic mass is 9.91. The Labute approximate surface area is 140 Å². The second-order valence-electron chi connectivity index (χ2n) is 6.18. The highest BCUT2D eigenvalue weighted by Gasteiger charge is 2.30. The summed E-state index contributed by atoms with van der Waals surface area (Å²) in [6, 6.07) is 15.0. The monoisotopic (exact) mass is 328 g/mol. The first-order valence-electron chi connectivity index (χ1n) is 7.57. The first-order valence-corrected chi connectivity index (χ1v) is 7.57. The number of nitrogens with one attached hydrogen (secondary N) is 1. The molecule has 0 aliphatic heterocycles. The Morgan fingerprint density at radius 1 is 1.17 bits per heavy atom. The van der Waals surface area contributed by atoms with E-state index in [4.69, 9.17) is 0 Å². The summed E-state index contributed by atoms with van der Waals surface area (Å²) in [5.41, 5.74) is 0.527. The molecule has 0 spiro atoms. The summed E-state index contributed by atoms with van der Waals surface area (Å²) >= 11 is 0. The van der Waals surface area contributed by atoms with Crippen molar-refractivity contribution in [1.82, 2.24) is 5.32 Å². The minimum atomic E-state index is -0.848. The van der Waals surface area contributed by atoms with Gasteiger partial charge in [0.15, 0.2) is 0 Å². The van der Waals surface area contributed by atoms with Gasteiger partial charge in [0, 0.05) is 12.1 Å². The zero-order chi connectivity index (χ0) is 17.7. The lowest BCUT2D eigenvalue weighted by molar-refractivity contribution is -0.384. The van der Waals surface area contributed by atoms with Gasteiger partial charge in [-0.25, -0.2) is 0 Å². The first kappa shape index (κ1) is 17.6. The van der Waals surface area contributed by atoms with Crippen LogP contribution in [-0.4, -0.2) is 21.5 Å². The van der Waals surface area contributed by atoms with Crippen LogP contribution in [-0.2, 0) is 11.2 Å². The molecule has 1 amide bonds. The molecule has 1 atom stereocenters. The zero-order valence-corrected chi connectivity index (χ0v) is 13.6. The van der Waals surface area contributed by atoms with Gasteiger partial charge < -0.3 is 10.4 Å². The molecule has 2 aromatic carbocycles. The van der Waals surface area contributed by atoms with Gasteiger partial charge in [-0.05, 0) is 25.0 Å². The molecule has 24 heavy (non-hydrogen) atoms. The number of non-ortho nitro benzene ring substituents is 1. The van der Waals surface area contributed by atoms with E-state index in [-0.39, 0.29) is 18.0 Å². The zero-order valence-electron chi connectivity index (χ0n) is 13.6. The summed E-state index contributed by atoms with van der Waals surface area (Å²) in [5, 5.41) is 23.9. The third kappa shape index (κ3) is 4.39. The van der Waals surface area contributed by atoms with Crippen molar-refractivity contribution >= 4 is 11.6 Å². The molecule has 0 radical (unpaired) electrons. The van der Waals surface area contributed by atoms with E-state index in [9.17, 15) is 20.0 Å². The van der Waals surface area contributed by atoms with Crippen molar-refractivity contribution in [3.63, 3.8) is 0 Å². The molecule has 0 heterocycles. The van der Waals surface area contributed by atoms with E-state index >= 15 is 0 Å². The molecule has 2 aromatic rings. The van der Waals surface area contributed by atoms with Gasteiger partial charge in [-0.15, -0.1) is 0 Å². The maximum absolute atomic E-state index is 12.2. The quantitative estimate of drug-likeness (QED) is 0.630. The summed E-state index contributed by atoms with van der Waals surface area (Å²) < 4.78 is 0. The predicted octanol–water partition coefficient (Wildman–Crippen LogP) is 2.77. The van der Waals surface area contributed by atoms with Crippen LogP contribution in [0.5, 0.6) is 0 Å². The minimum Gasteiger partial charge on any atom is -0.386 e. The number of amides is 1. The fourth-order valence-corrected chi connectivity index (χ4v) is 2.44. The molecule has 0 saturated carbocycles. The summed E-state index contributed by atoms with van der Waals surface area (Å²) in [7, 11) is 0. The van der Waals surface area contributed by atoms with Crippen molar-refractivity contribution < 1.29 is 14.8 Å². The van der Waals surface area contributed by atoms with Gasteiger partial charge >= 0.3 is 0 Å². The SMILES string of the molecule is CC(C)(NC(=O)Cc1ccc([N+](=O)[O-])cc1)C(O)c1ccccc1. The first-order chi connectivity index (χ1) is 11.3. The van der Waals surface area contributed by atoms with Crippen molar-refractivity contribution in [2.24, 2.45) is 0 Å². The second kappa shape index (κ2) is 7.23. The van der Waals surface area contributed by atoms with Crippen molar-refractivity contribution in [2.45, 2.75) is 31.9 Å². The maximum Gasteiger partial charge on any atom is 0.269 e. The van der Waals surface area contributed by atoms with Gasteiger partial charge in [0.25, 0.3) is 5.69 Å². The molecule has 0 aliphatic rings. The Balaban J connectivity index is 2.01. The van der Waals surface area contributed by atoms with E-state index < -0.39 is 16.6 Å². The van der Waals surface area contributed by atoms with Crippen LogP contribution in [0, 0.1) is 10.1 Å². The number of aliphatic hydroxyl groups excluding tert-OH is 1. The number of nitrogens with zero attached hydrogens (tertiary/aromatic N) is 1. The highest BCUT2D eigenvalue weighted by Crippen LogP contribution is 2.25. The minimum absolute atomic E-state index is 0.0148. The summed E-state index contributed by atoms with van der Waals surface area (Å²) in [6.45, 7) is 3.50. The predicted molar refractivity (Wildman–Crippen MR) is 90.4 cm³/mol. The van der Waals surface area contributed by atoms with Gasteiger partial charge in [-0.3, -0.25) is 14.9 Å². The van der Waals surface area contributed by atoms with Crippen LogP contribution in [0.4, 0.5) is 5.69 Å². The lowest BCUT2D eigenvalue weighted by Crippen LogP contribution is -2.48. The third-order valence-electron chi connectivity index (χ3n) is 3.77. The lowest BCUT2D eigenvalue weighted by Gasteiger charge is -2.32. The van der Waals surface area contributed by atoms with E-state index in [0.717, 1.165) is 5.56 Å². The van der Waals surface area contributed by atoms with E-state index in [2.05, 4.69) is 5.32 Å². The van der Waals surface area contributed by atoms with E-state index in [1.165, 1.54) is 12.1 Å². The van der Waals surface area contributed by atoms with Gasteiger partial charge in [0.05, 0.1) is 16.9 Å². The van der Waals surface area contributed by atoms with Crippen molar-refractivity contribution in [3.05, 3.63) is 75.8 Å². The van der Waals surface area contributed by atoms with E-state index in [0.29, 0.717) is 5.56 Å². The van der Waals surface area contributed by atoms with Gasteiger partial charge in [0.1, 0.15) is 6.10 Å². The largest absolute Gasteiger partial charge is 0.386 e. The maximum atomic E-state index is 12.2. The summed E-state index contributed by atoms with van der Waals surface area (Å²) in [4.78, 5) is 22.4. The smallest absolute Gasteiger partial charge is 0.269 e. The number of benzene rings is 2. The number of aliphatic hydroxyl groups is 1. The number of hydrogen-bond donors (Lipinski definition) is 2. The molecule has 0 saturated heterocycles. The van der Waals surface area contributed by atoms with Crippen molar-refractivity contribution in [1.29, 1.82) is 0 Å². The summed E-state index contributed by atoms with van der Waals surface area (Å²) in [5.74, 6) is -0.260. The molecule has 0 bridgehead atoms. The standard InChI is InChI=1S/C18H20N2O4/c1-18(2,17(22)14-6-4-3-5-7-14)19-16(21)12-13-8-10-15(11-9-13)20(23)24/h3-11,17,22H,12H2,1-2H3,(H,19,21). The Morgan fingerprint density at radius 3 is 2.29 bits per heavy atom. The highest BCUT2D eigenvalue weighted by molar-refractivity contribution is 5.79. The van der Waals surface area contributed by atoms with Crippen LogP contribution in [0.25, 0.3) is 0 Å². The average Bonchev–Trinajstić information content (AvgIpc) is 2.54. The molecule has 0 aromatic heterocycles. The van der Waals surface area contributed by atoms with Crippen LogP contribution in [0.3, 0.4) is 0 Å². The number of hydrogen-bond acceptors (Lipinski definition) is 4. The Hall–Kier alpha value is -2.73.